The van der Waals surface area contributed by atoms with Crippen LogP contribution in [0, 0.1) is 11.8 Å². The maximum atomic E-state index is 12.8. The first-order valence-corrected chi connectivity index (χ1v) is 5.91. The Morgan fingerprint density at radius 3 is 2.70 bits per heavy atom. The number of pyridine rings is 1. The Morgan fingerprint density at radius 2 is 2.15 bits per heavy atom. The van der Waals surface area contributed by atoms with Crippen LogP contribution in [0.4, 0.5) is 13.2 Å². The van der Waals surface area contributed by atoms with Crippen LogP contribution in [0.1, 0.15) is 28.8 Å². The van der Waals surface area contributed by atoms with Crippen molar-refractivity contribution in [2.24, 2.45) is 5.73 Å². The largest absolute Gasteiger partial charge is 0.411 e. The van der Waals surface area contributed by atoms with Crippen LogP contribution in [0.2, 0.25) is 0 Å². The van der Waals surface area contributed by atoms with E-state index in [2.05, 4.69) is 16.8 Å². The van der Waals surface area contributed by atoms with Gasteiger partial charge in [-0.2, -0.15) is 13.2 Å². The molecule has 1 amide bonds. The van der Waals surface area contributed by atoms with Crippen molar-refractivity contribution in [3.05, 3.63) is 29.6 Å². The lowest BCUT2D eigenvalue weighted by Gasteiger charge is -2.20. The molecule has 0 aromatic carbocycles. The van der Waals surface area contributed by atoms with E-state index in [0.717, 1.165) is 0 Å². The minimum Gasteiger partial charge on any atom is -0.338 e. The number of alkyl halides is 3. The van der Waals surface area contributed by atoms with Crippen LogP contribution in [-0.2, 0) is 0 Å². The molecule has 106 valence electrons. The van der Waals surface area contributed by atoms with Crippen LogP contribution < -0.4 is 11.1 Å². The quantitative estimate of drug-likeness (QED) is 0.802. The molecule has 0 aliphatic heterocycles. The summed E-state index contributed by atoms with van der Waals surface area (Å²) in [5, 5.41) is 2.03. The Kier molecular flexibility index (Phi) is 3.68. The van der Waals surface area contributed by atoms with Crippen LogP contribution >= 0.6 is 0 Å². The number of hydrogen-bond acceptors (Lipinski definition) is 3. The highest BCUT2D eigenvalue weighted by atomic mass is 19.4. The summed E-state index contributed by atoms with van der Waals surface area (Å²) in [5.74, 6) is 4.45. The van der Waals surface area contributed by atoms with Gasteiger partial charge in [0.05, 0.1) is 12.1 Å². The van der Waals surface area contributed by atoms with Crippen LogP contribution in [0.25, 0.3) is 0 Å². The molecule has 1 heterocycles. The van der Waals surface area contributed by atoms with Gasteiger partial charge in [0.25, 0.3) is 5.91 Å². The summed E-state index contributed by atoms with van der Waals surface area (Å²) in [5.41, 5.74) is 3.61. The third-order valence-corrected chi connectivity index (χ3v) is 2.98. The average molecular weight is 283 g/mol. The molecule has 4 nitrogen and oxygen atoms in total. The molecule has 1 aliphatic carbocycles. The molecule has 0 radical (unpaired) electrons. The fourth-order valence-electron chi connectivity index (χ4n) is 1.68. The first-order valence-electron chi connectivity index (χ1n) is 5.91. The van der Waals surface area contributed by atoms with Gasteiger partial charge in [0.2, 0.25) is 0 Å². The first-order chi connectivity index (χ1) is 9.38. The molecule has 0 unspecified atom stereocenters. The third kappa shape index (κ3) is 2.91. The molecule has 1 fully saturated rings. The average Bonchev–Trinajstić information content (AvgIpc) is 3.17. The van der Waals surface area contributed by atoms with Crippen molar-refractivity contribution >= 4 is 5.91 Å². The Bertz CT molecular complexity index is 583. The normalized spacial score (nSPS) is 16.0. The number of carbonyl (C=O) groups is 1. The number of aromatic nitrogens is 1. The molecule has 0 saturated heterocycles. The van der Waals surface area contributed by atoms with E-state index in [9.17, 15) is 18.0 Å². The Balaban J connectivity index is 2.14. The highest BCUT2D eigenvalue weighted by molar-refractivity contribution is 5.95. The maximum Gasteiger partial charge on any atom is 0.411 e. The zero-order valence-electron chi connectivity index (χ0n) is 10.4. The molecule has 1 aromatic rings. The fraction of sp³-hybridized carbons (Fsp3) is 0.385. The van der Waals surface area contributed by atoms with Crippen molar-refractivity contribution in [3.63, 3.8) is 0 Å². The standard InChI is InChI=1S/C13H12F3N3O/c14-13(15,16)12(3-4-12)19-11(20)10-6-9(2-1-5-17)7-18-8-10/h6-8H,3-5,17H2,(H,19,20). The van der Waals surface area contributed by atoms with Crippen molar-refractivity contribution in [2.45, 2.75) is 24.6 Å². The molecule has 0 bridgehead atoms. The minimum absolute atomic E-state index is 0.0457. The van der Waals surface area contributed by atoms with Crippen LogP contribution in [-0.4, -0.2) is 29.2 Å². The summed E-state index contributed by atoms with van der Waals surface area (Å²) in [6.07, 6.45) is -2.01. The predicted octanol–water partition coefficient (Wildman–Crippen LogP) is 1.22. The van der Waals surface area contributed by atoms with Gasteiger partial charge < -0.3 is 11.1 Å². The van der Waals surface area contributed by atoms with E-state index < -0.39 is 17.6 Å². The van der Waals surface area contributed by atoms with Gasteiger partial charge in [0.1, 0.15) is 5.54 Å². The minimum atomic E-state index is -4.44. The molecule has 1 aromatic heterocycles. The molecule has 0 atom stereocenters. The molecule has 1 aliphatic rings. The maximum absolute atomic E-state index is 12.8. The monoisotopic (exact) mass is 283 g/mol. The summed E-state index contributed by atoms with van der Waals surface area (Å²) < 4.78 is 38.3. The molecule has 20 heavy (non-hydrogen) atoms. The summed E-state index contributed by atoms with van der Waals surface area (Å²) in [7, 11) is 0. The molecular formula is C13H12F3N3O. The third-order valence-electron chi connectivity index (χ3n) is 2.98. The molecule has 1 saturated carbocycles. The zero-order chi connectivity index (χ0) is 14.8. The van der Waals surface area contributed by atoms with Crippen LogP contribution in [0.15, 0.2) is 18.5 Å². The number of hydrogen-bond donors (Lipinski definition) is 2. The molecule has 0 spiro atoms. The first kappa shape index (κ1) is 14.3. The van der Waals surface area contributed by atoms with Crippen LogP contribution in [0.5, 0.6) is 0 Å². The summed E-state index contributed by atoms with van der Waals surface area (Å²) >= 11 is 0. The van der Waals surface area contributed by atoms with Gasteiger partial charge in [-0.05, 0) is 18.9 Å². The second-order valence-corrected chi connectivity index (χ2v) is 4.50. The number of nitrogens with one attached hydrogen (secondary N) is 1. The van der Waals surface area contributed by atoms with Crippen molar-refractivity contribution in [1.82, 2.24) is 10.3 Å². The lowest BCUT2D eigenvalue weighted by Crippen LogP contribution is -2.47. The van der Waals surface area contributed by atoms with E-state index >= 15 is 0 Å². The Labute approximate surface area is 113 Å². The van der Waals surface area contributed by atoms with Crippen molar-refractivity contribution in [2.75, 3.05) is 6.54 Å². The van der Waals surface area contributed by atoms with Crippen molar-refractivity contribution in [1.29, 1.82) is 0 Å². The van der Waals surface area contributed by atoms with E-state index in [1.165, 1.54) is 18.5 Å². The predicted molar refractivity (Wildman–Crippen MR) is 65.7 cm³/mol. The van der Waals surface area contributed by atoms with Gasteiger partial charge in [-0.3, -0.25) is 9.78 Å². The van der Waals surface area contributed by atoms with E-state index in [-0.39, 0.29) is 24.9 Å². The second-order valence-electron chi connectivity index (χ2n) is 4.50. The van der Waals surface area contributed by atoms with E-state index in [4.69, 9.17) is 5.73 Å². The van der Waals surface area contributed by atoms with E-state index in [0.29, 0.717) is 5.56 Å². The molecular weight excluding hydrogens is 271 g/mol. The number of nitrogens with zero attached hydrogens (tertiary/aromatic N) is 1. The van der Waals surface area contributed by atoms with Crippen LogP contribution in [0.3, 0.4) is 0 Å². The molecule has 7 heteroatoms. The lowest BCUT2D eigenvalue weighted by atomic mass is 10.1. The number of carbonyl (C=O) groups excluding carboxylic acids is 1. The highest BCUT2D eigenvalue weighted by Gasteiger charge is 2.64. The van der Waals surface area contributed by atoms with E-state index in [1.807, 2.05) is 5.32 Å². The Hall–Kier alpha value is -2.07. The van der Waals surface area contributed by atoms with Gasteiger partial charge >= 0.3 is 6.18 Å². The Morgan fingerprint density at radius 1 is 1.45 bits per heavy atom. The van der Waals surface area contributed by atoms with Gasteiger partial charge in [-0.15, -0.1) is 0 Å². The number of nitrogens with two attached hydrogens (primary N) is 1. The summed E-state index contributed by atoms with van der Waals surface area (Å²) in [4.78, 5) is 15.6. The van der Waals surface area contributed by atoms with Gasteiger partial charge in [-0.25, -0.2) is 0 Å². The number of amides is 1. The van der Waals surface area contributed by atoms with Gasteiger partial charge in [0, 0.05) is 18.0 Å². The summed E-state index contributed by atoms with van der Waals surface area (Å²) in [6.45, 7) is 0.146. The van der Waals surface area contributed by atoms with Crippen molar-refractivity contribution in [3.8, 4) is 11.8 Å². The van der Waals surface area contributed by atoms with E-state index in [1.54, 1.807) is 0 Å². The fourth-order valence-corrected chi connectivity index (χ4v) is 1.68. The molecule has 3 N–H and O–H groups in total. The lowest BCUT2D eigenvalue weighted by molar-refractivity contribution is -0.163. The molecule has 2 rings (SSSR count). The topological polar surface area (TPSA) is 68.0 Å². The van der Waals surface area contributed by atoms with Gasteiger partial charge in [-0.1, -0.05) is 11.8 Å². The second kappa shape index (κ2) is 5.13. The zero-order valence-corrected chi connectivity index (χ0v) is 10.4. The summed E-state index contributed by atoms with van der Waals surface area (Å²) in [6, 6.07) is 1.39. The highest BCUT2D eigenvalue weighted by Crippen LogP contribution is 2.49. The number of halogens is 3. The van der Waals surface area contributed by atoms with Crippen molar-refractivity contribution < 1.29 is 18.0 Å². The SMILES string of the molecule is NCC#Cc1cncc(C(=O)NC2(C(F)(F)F)CC2)c1. The number of rotatable bonds is 2. The van der Waals surface area contributed by atoms with Gasteiger partial charge in [0.15, 0.2) is 0 Å². The smallest absolute Gasteiger partial charge is 0.338 e.